The predicted molar refractivity (Wildman–Crippen MR) is 99.9 cm³/mol. The minimum Gasteiger partial charge on any atom is -0.453 e. The van der Waals surface area contributed by atoms with Crippen molar-refractivity contribution >= 4 is 21.8 Å². The van der Waals surface area contributed by atoms with Crippen LogP contribution in [-0.2, 0) is 19.5 Å². The summed E-state index contributed by atoms with van der Waals surface area (Å²) in [6, 6.07) is 6.55. The Morgan fingerprint density at radius 3 is 2.78 bits per heavy atom. The lowest BCUT2D eigenvalue weighted by molar-refractivity contribution is -0.0426. The Morgan fingerprint density at radius 2 is 2.11 bits per heavy atom. The number of ether oxygens (including phenoxy) is 2. The summed E-state index contributed by atoms with van der Waals surface area (Å²) in [6.07, 6.45) is 4.06. The van der Waals surface area contributed by atoms with Crippen molar-refractivity contribution in [2.75, 3.05) is 20.7 Å². The molecular weight excluding hydrogens is 370 g/mol. The van der Waals surface area contributed by atoms with E-state index in [-0.39, 0.29) is 17.5 Å². The zero-order valence-electron chi connectivity index (χ0n) is 15.5. The molecule has 146 valence electrons. The summed E-state index contributed by atoms with van der Waals surface area (Å²) in [5, 5.41) is 4.14. The first-order valence-corrected chi connectivity index (χ1v) is 10.0. The number of benzene rings is 1. The topological polar surface area (TPSA) is 97.3 Å². The molecule has 1 fully saturated rings. The van der Waals surface area contributed by atoms with Crippen molar-refractivity contribution in [1.82, 2.24) is 9.73 Å². The molecule has 2 aliphatic heterocycles. The van der Waals surface area contributed by atoms with Gasteiger partial charge in [0.05, 0.1) is 24.7 Å². The smallest absolute Gasteiger partial charge is 0.409 e. The highest BCUT2D eigenvalue weighted by Gasteiger charge is 2.43. The molecule has 0 saturated carbocycles. The SMILES string of the molecule is COC(=O)N(C)CC12C=CC(CC(=NNS(=O)(=O)c3ccc(C)cc3)C1)O2. The van der Waals surface area contributed by atoms with Crippen LogP contribution in [0.3, 0.4) is 0 Å². The van der Waals surface area contributed by atoms with E-state index in [4.69, 9.17) is 9.47 Å². The van der Waals surface area contributed by atoms with Crippen LogP contribution in [0.25, 0.3) is 0 Å². The third-order valence-corrected chi connectivity index (χ3v) is 5.81. The molecule has 2 unspecified atom stereocenters. The van der Waals surface area contributed by atoms with Gasteiger partial charge in [0, 0.05) is 25.6 Å². The van der Waals surface area contributed by atoms with Crippen molar-refractivity contribution in [3.8, 4) is 0 Å². The lowest BCUT2D eigenvalue weighted by atomic mass is 9.94. The Kier molecular flexibility index (Phi) is 5.25. The van der Waals surface area contributed by atoms with Gasteiger partial charge in [0.2, 0.25) is 0 Å². The molecule has 1 aromatic carbocycles. The van der Waals surface area contributed by atoms with Crippen molar-refractivity contribution in [2.24, 2.45) is 5.10 Å². The molecule has 0 radical (unpaired) electrons. The molecule has 0 spiro atoms. The molecule has 3 rings (SSSR count). The molecule has 0 aromatic heterocycles. The maximum atomic E-state index is 12.4. The second-order valence-corrected chi connectivity index (χ2v) is 8.53. The van der Waals surface area contributed by atoms with Crippen molar-refractivity contribution in [3.63, 3.8) is 0 Å². The number of hydrazone groups is 1. The summed E-state index contributed by atoms with van der Waals surface area (Å²) in [4.78, 5) is 15.6. The van der Waals surface area contributed by atoms with Crippen LogP contribution < -0.4 is 4.83 Å². The van der Waals surface area contributed by atoms with Gasteiger partial charge in [-0.3, -0.25) is 0 Å². The lowest BCUT2D eigenvalue weighted by Gasteiger charge is -2.36. The summed E-state index contributed by atoms with van der Waals surface area (Å²) < 4.78 is 35.5. The van der Waals surface area contributed by atoms with E-state index >= 15 is 0 Å². The van der Waals surface area contributed by atoms with Gasteiger partial charge in [-0.1, -0.05) is 29.8 Å². The summed E-state index contributed by atoms with van der Waals surface area (Å²) in [5.41, 5.74) is 0.925. The Bertz CT molecular complexity index is 879. The first-order valence-electron chi connectivity index (χ1n) is 8.53. The fourth-order valence-electron chi connectivity index (χ4n) is 3.27. The van der Waals surface area contributed by atoms with Crippen LogP contribution in [0.4, 0.5) is 4.79 Å². The number of carbonyl (C=O) groups is 1. The van der Waals surface area contributed by atoms with E-state index in [0.29, 0.717) is 18.6 Å². The van der Waals surface area contributed by atoms with Gasteiger partial charge >= 0.3 is 6.09 Å². The summed E-state index contributed by atoms with van der Waals surface area (Å²) in [6.45, 7) is 2.18. The van der Waals surface area contributed by atoms with Crippen molar-refractivity contribution < 1.29 is 22.7 Å². The van der Waals surface area contributed by atoms with E-state index in [9.17, 15) is 13.2 Å². The maximum absolute atomic E-state index is 12.4. The monoisotopic (exact) mass is 393 g/mol. The van der Waals surface area contributed by atoms with Crippen LogP contribution in [0.2, 0.25) is 0 Å². The highest BCUT2D eigenvalue weighted by molar-refractivity contribution is 7.89. The number of methoxy groups -OCH3 is 1. The number of hydrogen-bond donors (Lipinski definition) is 1. The minimum absolute atomic E-state index is 0.158. The van der Waals surface area contributed by atoms with Gasteiger partial charge in [-0.25, -0.2) is 9.63 Å². The molecule has 2 heterocycles. The molecule has 2 aliphatic rings. The van der Waals surface area contributed by atoms with Crippen molar-refractivity contribution in [3.05, 3.63) is 42.0 Å². The summed E-state index contributed by atoms with van der Waals surface area (Å²) in [7, 11) is -0.795. The second kappa shape index (κ2) is 7.32. The molecule has 2 atom stereocenters. The van der Waals surface area contributed by atoms with E-state index in [0.717, 1.165) is 5.56 Å². The molecule has 0 aliphatic carbocycles. The molecule has 1 amide bonds. The maximum Gasteiger partial charge on any atom is 0.409 e. The lowest BCUT2D eigenvalue weighted by Crippen LogP contribution is -2.48. The quantitative estimate of drug-likeness (QED) is 0.608. The average Bonchev–Trinajstić information content (AvgIpc) is 2.93. The van der Waals surface area contributed by atoms with E-state index < -0.39 is 21.7 Å². The number of sulfonamides is 1. The van der Waals surface area contributed by atoms with Crippen LogP contribution >= 0.6 is 0 Å². The first-order chi connectivity index (χ1) is 12.7. The Balaban J connectivity index is 1.72. The van der Waals surface area contributed by atoms with Crippen LogP contribution in [0.15, 0.2) is 46.4 Å². The van der Waals surface area contributed by atoms with Gasteiger partial charge in [-0.2, -0.15) is 13.5 Å². The van der Waals surface area contributed by atoms with Gasteiger partial charge in [0.25, 0.3) is 10.0 Å². The van der Waals surface area contributed by atoms with E-state index in [1.807, 2.05) is 19.1 Å². The summed E-state index contributed by atoms with van der Waals surface area (Å²) in [5.74, 6) is 0. The highest BCUT2D eigenvalue weighted by atomic mass is 32.2. The second-order valence-electron chi connectivity index (χ2n) is 6.87. The fourth-order valence-corrected chi connectivity index (χ4v) is 4.12. The first kappa shape index (κ1) is 19.4. The molecule has 1 N–H and O–H groups in total. The molecule has 8 nitrogen and oxygen atoms in total. The number of amides is 1. The third kappa shape index (κ3) is 4.30. The molecule has 1 aromatic rings. The zero-order valence-corrected chi connectivity index (χ0v) is 16.3. The van der Waals surface area contributed by atoms with E-state index in [2.05, 4.69) is 9.93 Å². The highest BCUT2D eigenvalue weighted by Crippen LogP contribution is 2.35. The van der Waals surface area contributed by atoms with Crippen molar-refractivity contribution in [1.29, 1.82) is 0 Å². The number of aryl methyl sites for hydroxylation is 1. The third-order valence-electron chi connectivity index (χ3n) is 4.59. The zero-order chi connectivity index (χ0) is 19.7. The molecule has 9 heteroatoms. The number of rotatable bonds is 5. The normalized spacial score (nSPS) is 25.4. The molecule has 27 heavy (non-hydrogen) atoms. The molecule has 2 bridgehead atoms. The number of fused-ring (bicyclic) bond motifs is 2. The Morgan fingerprint density at radius 1 is 1.41 bits per heavy atom. The van der Waals surface area contributed by atoms with Crippen LogP contribution in [0.5, 0.6) is 0 Å². The minimum atomic E-state index is -3.73. The average molecular weight is 393 g/mol. The fraction of sp³-hybridized carbons (Fsp3) is 0.444. The largest absolute Gasteiger partial charge is 0.453 e. The van der Waals surface area contributed by atoms with Crippen LogP contribution in [0.1, 0.15) is 18.4 Å². The Hall–Kier alpha value is -2.39. The predicted octanol–water partition coefficient (Wildman–Crippen LogP) is 1.82. The van der Waals surface area contributed by atoms with Gasteiger partial charge in [0.15, 0.2) is 0 Å². The van der Waals surface area contributed by atoms with Gasteiger partial charge < -0.3 is 14.4 Å². The van der Waals surface area contributed by atoms with Gasteiger partial charge in [0.1, 0.15) is 5.60 Å². The van der Waals surface area contributed by atoms with Crippen LogP contribution in [-0.4, -0.2) is 57.5 Å². The number of hydrogen-bond acceptors (Lipinski definition) is 6. The number of likely N-dealkylation sites (N-methyl/N-ethyl adjacent to an activating group) is 1. The van der Waals surface area contributed by atoms with Crippen molar-refractivity contribution in [2.45, 2.75) is 36.4 Å². The Labute approximate surface area is 158 Å². The molecule has 1 saturated heterocycles. The van der Waals surface area contributed by atoms with E-state index in [1.54, 1.807) is 31.3 Å². The number of carbonyl (C=O) groups excluding carboxylic acids is 1. The van der Waals surface area contributed by atoms with Gasteiger partial charge in [-0.15, -0.1) is 0 Å². The number of nitrogens with zero attached hydrogens (tertiary/aromatic N) is 2. The summed E-state index contributed by atoms with van der Waals surface area (Å²) >= 11 is 0. The van der Waals surface area contributed by atoms with Gasteiger partial charge in [-0.05, 0) is 19.1 Å². The standard InChI is InChI=1S/C18H23N3O5S/c1-13-4-6-16(7-5-13)27(23,24)20-19-14-10-15-8-9-18(11-14,26-15)12-21(2)17(22)25-3/h4-9,15,20H,10-12H2,1-3H3. The van der Waals surface area contributed by atoms with E-state index in [1.165, 1.54) is 12.0 Å². The van der Waals surface area contributed by atoms with Crippen LogP contribution in [0, 0.1) is 6.92 Å². The number of nitrogens with one attached hydrogen (secondary N) is 1. The molecular formula is C18H23N3O5S.